The molecule has 0 radical (unpaired) electrons. The largest absolute Gasteiger partial charge is 0.330 e. The fourth-order valence-corrected chi connectivity index (χ4v) is 4.23. The zero-order valence-corrected chi connectivity index (χ0v) is 14.1. The Labute approximate surface area is 137 Å². The summed E-state index contributed by atoms with van der Waals surface area (Å²) in [6.45, 7) is 5.71. The van der Waals surface area contributed by atoms with E-state index in [1.54, 1.807) is 16.7 Å². The third-order valence-corrected chi connectivity index (χ3v) is 5.53. The molecule has 2 aromatic rings. The number of likely N-dealkylation sites (N-methyl/N-ethyl adjacent to an activating group) is 1. The Bertz CT molecular complexity index is 666. The fourth-order valence-electron chi connectivity index (χ4n) is 2.39. The number of hydrogen-bond donors (Lipinski definition) is 2. The molecule has 1 aliphatic rings. The monoisotopic (exact) mass is 337 g/mol. The van der Waals surface area contributed by atoms with E-state index in [1.807, 2.05) is 0 Å². The van der Waals surface area contributed by atoms with Crippen LogP contribution in [0, 0.1) is 0 Å². The Morgan fingerprint density at radius 1 is 1.50 bits per heavy atom. The topological polar surface area (TPSA) is 84.1 Å². The number of nitrogens with two attached hydrogens (primary N) is 1. The number of aromatic nitrogens is 2. The smallest absolute Gasteiger partial charge is 0.276 e. The van der Waals surface area contributed by atoms with Crippen LogP contribution in [0.25, 0.3) is 0 Å². The van der Waals surface area contributed by atoms with Crippen LogP contribution < -0.4 is 11.1 Å². The minimum Gasteiger partial charge on any atom is -0.330 e. The number of fused-ring (bicyclic) bond motifs is 1. The molecule has 8 heteroatoms. The van der Waals surface area contributed by atoms with Crippen LogP contribution in [0.2, 0.25) is 0 Å². The van der Waals surface area contributed by atoms with E-state index in [0.29, 0.717) is 23.8 Å². The van der Waals surface area contributed by atoms with E-state index < -0.39 is 0 Å². The third kappa shape index (κ3) is 3.35. The van der Waals surface area contributed by atoms with Crippen LogP contribution in [0.1, 0.15) is 33.0 Å². The van der Waals surface area contributed by atoms with Gasteiger partial charge in [0, 0.05) is 36.2 Å². The van der Waals surface area contributed by atoms with E-state index in [4.69, 9.17) is 5.73 Å². The van der Waals surface area contributed by atoms with Crippen LogP contribution >= 0.6 is 22.7 Å². The number of carbonyl (C=O) groups is 1. The highest BCUT2D eigenvalue weighted by Crippen LogP contribution is 2.28. The summed E-state index contributed by atoms with van der Waals surface area (Å²) in [6, 6.07) is 0. The second-order valence-electron chi connectivity index (χ2n) is 5.13. The van der Waals surface area contributed by atoms with Gasteiger partial charge in [0.05, 0.1) is 10.7 Å². The molecule has 2 aromatic heterocycles. The first-order valence-corrected chi connectivity index (χ1v) is 9.06. The van der Waals surface area contributed by atoms with Crippen molar-refractivity contribution in [1.82, 2.24) is 14.9 Å². The van der Waals surface area contributed by atoms with E-state index in [-0.39, 0.29) is 5.91 Å². The highest BCUT2D eigenvalue weighted by Gasteiger charge is 2.21. The number of hydrogen-bond acceptors (Lipinski definition) is 7. The molecule has 1 aliphatic heterocycles. The number of nitrogens with zero attached hydrogens (tertiary/aromatic N) is 3. The van der Waals surface area contributed by atoms with Gasteiger partial charge in [0.15, 0.2) is 5.13 Å². The van der Waals surface area contributed by atoms with Crippen molar-refractivity contribution in [2.75, 3.05) is 25.0 Å². The summed E-state index contributed by atoms with van der Waals surface area (Å²) in [5, 5.41) is 6.20. The molecule has 22 heavy (non-hydrogen) atoms. The highest BCUT2D eigenvalue weighted by atomic mass is 32.1. The molecule has 0 fully saturated rings. The average Bonchev–Trinajstić information content (AvgIpc) is 3.12. The van der Waals surface area contributed by atoms with Gasteiger partial charge in [-0.1, -0.05) is 6.92 Å². The zero-order chi connectivity index (χ0) is 15.5. The van der Waals surface area contributed by atoms with E-state index in [2.05, 4.69) is 27.1 Å². The van der Waals surface area contributed by atoms with Gasteiger partial charge in [0.1, 0.15) is 5.69 Å². The SMILES string of the molecule is CCN1CCc2nc(NC(=O)c3csc(CCN)n3)sc2C1. The van der Waals surface area contributed by atoms with Gasteiger partial charge in [0.25, 0.3) is 5.91 Å². The van der Waals surface area contributed by atoms with E-state index in [1.165, 1.54) is 16.2 Å². The fraction of sp³-hybridized carbons (Fsp3) is 0.500. The van der Waals surface area contributed by atoms with Crippen molar-refractivity contribution in [3.05, 3.63) is 26.7 Å². The maximum atomic E-state index is 12.2. The van der Waals surface area contributed by atoms with Gasteiger partial charge in [-0.2, -0.15) is 0 Å². The van der Waals surface area contributed by atoms with E-state index in [0.717, 1.165) is 36.8 Å². The quantitative estimate of drug-likeness (QED) is 0.868. The van der Waals surface area contributed by atoms with Crippen molar-refractivity contribution in [2.45, 2.75) is 26.3 Å². The highest BCUT2D eigenvalue weighted by molar-refractivity contribution is 7.16. The molecule has 0 saturated carbocycles. The van der Waals surface area contributed by atoms with Gasteiger partial charge < -0.3 is 5.73 Å². The van der Waals surface area contributed by atoms with Crippen LogP contribution in [0.4, 0.5) is 5.13 Å². The number of rotatable bonds is 5. The molecule has 0 atom stereocenters. The minimum atomic E-state index is -0.196. The lowest BCUT2D eigenvalue weighted by Gasteiger charge is -2.23. The number of nitrogens with one attached hydrogen (secondary N) is 1. The van der Waals surface area contributed by atoms with Crippen molar-refractivity contribution >= 4 is 33.7 Å². The first-order valence-electron chi connectivity index (χ1n) is 7.36. The van der Waals surface area contributed by atoms with Crippen molar-refractivity contribution in [1.29, 1.82) is 0 Å². The summed E-state index contributed by atoms with van der Waals surface area (Å²) in [4.78, 5) is 24.7. The Morgan fingerprint density at radius 3 is 3.14 bits per heavy atom. The van der Waals surface area contributed by atoms with Gasteiger partial charge in [-0.25, -0.2) is 9.97 Å². The second-order valence-corrected chi connectivity index (χ2v) is 7.15. The van der Waals surface area contributed by atoms with E-state index in [9.17, 15) is 4.79 Å². The van der Waals surface area contributed by atoms with Gasteiger partial charge in [-0.15, -0.1) is 22.7 Å². The molecule has 0 spiro atoms. The lowest BCUT2D eigenvalue weighted by molar-refractivity contribution is 0.102. The maximum Gasteiger partial charge on any atom is 0.276 e. The van der Waals surface area contributed by atoms with Gasteiger partial charge in [0.2, 0.25) is 0 Å². The van der Waals surface area contributed by atoms with Crippen molar-refractivity contribution in [3.8, 4) is 0 Å². The zero-order valence-electron chi connectivity index (χ0n) is 12.5. The number of anilines is 1. The second kappa shape index (κ2) is 6.82. The molecule has 0 unspecified atom stereocenters. The molecule has 0 aromatic carbocycles. The van der Waals surface area contributed by atoms with Crippen molar-refractivity contribution in [2.24, 2.45) is 5.73 Å². The van der Waals surface area contributed by atoms with Crippen LogP contribution in [0.3, 0.4) is 0 Å². The molecule has 1 amide bonds. The predicted octanol–water partition coefficient (Wildman–Crippen LogP) is 1.73. The first kappa shape index (κ1) is 15.5. The molecule has 3 rings (SSSR count). The summed E-state index contributed by atoms with van der Waals surface area (Å²) < 4.78 is 0. The predicted molar refractivity (Wildman–Crippen MR) is 89.6 cm³/mol. The Morgan fingerprint density at radius 2 is 2.36 bits per heavy atom. The standard InChI is InChI=1S/C14H19N5OS2/c1-2-19-6-4-9-11(7-19)22-14(17-9)18-13(20)10-8-21-12(16-10)3-5-15/h8H,2-7,15H2,1H3,(H,17,18,20). The molecule has 0 aliphatic carbocycles. The Balaban J connectivity index is 1.68. The minimum absolute atomic E-state index is 0.196. The van der Waals surface area contributed by atoms with Crippen LogP contribution in [0.15, 0.2) is 5.38 Å². The Kier molecular flexibility index (Phi) is 4.82. The van der Waals surface area contributed by atoms with Gasteiger partial charge in [-0.05, 0) is 13.1 Å². The lowest BCUT2D eigenvalue weighted by Crippen LogP contribution is -2.29. The average molecular weight is 337 g/mol. The summed E-state index contributed by atoms with van der Waals surface area (Å²) in [5.41, 5.74) is 7.06. The number of thiazole rings is 2. The molecular formula is C14H19N5OS2. The summed E-state index contributed by atoms with van der Waals surface area (Å²) in [6.07, 6.45) is 1.66. The molecular weight excluding hydrogens is 318 g/mol. The summed E-state index contributed by atoms with van der Waals surface area (Å²) >= 11 is 3.03. The van der Waals surface area contributed by atoms with E-state index >= 15 is 0 Å². The van der Waals surface area contributed by atoms with Crippen molar-refractivity contribution in [3.63, 3.8) is 0 Å². The van der Waals surface area contributed by atoms with Crippen LogP contribution in [-0.2, 0) is 19.4 Å². The summed E-state index contributed by atoms with van der Waals surface area (Å²) in [7, 11) is 0. The normalized spacial score (nSPS) is 14.8. The summed E-state index contributed by atoms with van der Waals surface area (Å²) in [5.74, 6) is -0.196. The maximum absolute atomic E-state index is 12.2. The molecule has 118 valence electrons. The lowest BCUT2D eigenvalue weighted by atomic mass is 10.2. The molecule has 3 N–H and O–H groups in total. The van der Waals surface area contributed by atoms with Gasteiger partial charge in [-0.3, -0.25) is 15.0 Å². The molecule has 3 heterocycles. The first-order chi connectivity index (χ1) is 10.7. The van der Waals surface area contributed by atoms with Gasteiger partial charge >= 0.3 is 0 Å². The number of amides is 1. The number of carbonyl (C=O) groups excluding carboxylic acids is 1. The third-order valence-electron chi connectivity index (χ3n) is 3.62. The molecule has 6 nitrogen and oxygen atoms in total. The van der Waals surface area contributed by atoms with Crippen molar-refractivity contribution < 1.29 is 4.79 Å². The molecule has 0 bridgehead atoms. The molecule has 0 saturated heterocycles. The van der Waals surface area contributed by atoms with Crippen LogP contribution in [0.5, 0.6) is 0 Å². The Hall–Kier alpha value is -1.35. The van der Waals surface area contributed by atoms with Crippen LogP contribution in [-0.4, -0.2) is 40.4 Å².